The van der Waals surface area contributed by atoms with Gasteiger partial charge in [-0.1, -0.05) is 48.0 Å². The Bertz CT molecular complexity index is 1190. The first kappa shape index (κ1) is 27.9. The van der Waals surface area contributed by atoms with Crippen molar-refractivity contribution in [3.63, 3.8) is 0 Å². The van der Waals surface area contributed by atoms with E-state index >= 15 is 0 Å². The Morgan fingerprint density at radius 1 is 0.941 bits per heavy atom. The molecule has 2 unspecified atom stereocenters. The molecule has 6 nitrogen and oxygen atoms in total. The van der Waals surface area contributed by atoms with Gasteiger partial charge in [0.1, 0.15) is 21.1 Å². The molecule has 0 saturated heterocycles. The smallest absolute Gasteiger partial charge is 0.406 e. The van der Waals surface area contributed by atoms with E-state index in [-0.39, 0.29) is 12.0 Å². The first-order chi connectivity index (χ1) is 15.4. The summed E-state index contributed by atoms with van der Waals surface area (Å²) < 4.78 is 141. The Kier molecular flexibility index (Phi) is 8.31. The highest BCUT2D eigenvalue weighted by molar-refractivity contribution is 7.87. The van der Waals surface area contributed by atoms with E-state index in [9.17, 15) is 47.7 Å². The molecule has 14 heteroatoms. The van der Waals surface area contributed by atoms with Crippen LogP contribution in [0.1, 0.15) is 29.0 Å². The van der Waals surface area contributed by atoms with Gasteiger partial charge >= 0.3 is 22.5 Å². The largest absolute Gasteiger partial charge is 0.747 e. The van der Waals surface area contributed by atoms with Gasteiger partial charge in [0.2, 0.25) is 0 Å². The molecule has 2 aromatic carbocycles. The second-order valence-corrected chi connectivity index (χ2v) is 10.7. The third-order valence-electron chi connectivity index (χ3n) is 4.70. The number of aryl methyl sites for hydroxylation is 1. The zero-order valence-corrected chi connectivity index (χ0v) is 19.1. The summed E-state index contributed by atoms with van der Waals surface area (Å²) >= 11 is 0. The molecule has 2 atom stereocenters. The Balaban J connectivity index is 2.61. The summed E-state index contributed by atoms with van der Waals surface area (Å²) in [4.78, 5) is 0. The maximum Gasteiger partial charge on any atom is 0.406 e. The Labute approximate surface area is 192 Å². The Morgan fingerprint density at radius 3 is 2.03 bits per heavy atom. The third kappa shape index (κ3) is 8.47. The quantitative estimate of drug-likeness (QED) is 0.268. The highest BCUT2D eigenvalue weighted by Crippen LogP contribution is 2.39. The van der Waals surface area contributed by atoms with Gasteiger partial charge < -0.3 is 8.74 Å². The van der Waals surface area contributed by atoms with Crippen LogP contribution in [-0.4, -0.2) is 44.7 Å². The molecular weight excluding hydrogens is 514 g/mol. The minimum atomic E-state index is -5.88. The normalized spacial score (nSPS) is 15.1. The van der Waals surface area contributed by atoms with E-state index in [1.807, 2.05) is 0 Å². The molecule has 0 radical (unpaired) electrons. The monoisotopic (exact) mass is 533 g/mol. The zero-order valence-electron chi connectivity index (χ0n) is 17.4. The summed E-state index contributed by atoms with van der Waals surface area (Å²) in [5, 5.41) is -3.34. The van der Waals surface area contributed by atoms with E-state index < -0.39 is 61.7 Å². The van der Waals surface area contributed by atoms with Crippen molar-refractivity contribution < 1.29 is 51.9 Å². The molecule has 0 N–H and O–H groups in total. The van der Waals surface area contributed by atoms with Crippen LogP contribution in [0.15, 0.2) is 48.5 Å². The van der Waals surface area contributed by atoms with E-state index in [1.54, 1.807) is 18.2 Å². The summed E-state index contributed by atoms with van der Waals surface area (Å²) in [6, 6.07) is 11.1. The molecule has 190 valence electrons. The first-order valence-electron chi connectivity index (χ1n) is 9.52. The number of alkyl halides is 6. The summed E-state index contributed by atoms with van der Waals surface area (Å²) in [5.74, 6) is -4.50. The number of benzene rings is 2. The summed E-state index contributed by atoms with van der Waals surface area (Å²) in [7, 11) is -11.1. The molecule has 0 amide bonds. The molecule has 0 aliphatic heterocycles. The topological polar surface area (TPSA) is 101 Å². The Morgan fingerprint density at radius 2 is 1.53 bits per heavy atom. The van der Waals surface area contributed by atoms with Crippen molar-refractivity contribution in [3.05, 3.63) is 65.2 Å². The van der Waals surface area contributed by atoms with E-state index in [2.05, 4.69) is 4.18 Å². The third-order valence-corrected chi connectivity index (χ3v) is 6.97. The van der Waals surface area contributed by atoms with Crippen LogP contribution in [-0.2, 0) is 26.7 Å². The lowest BCUT2D eigenvalue weighted by Gasteiger charge is -2.29. The maximum atomic E-state index is 13.4. The number of hydrogen-bond acceptors (Lipinski definition) is 6. The van der Waals surface area contributed by atoms with E-state index in [1.165, 1.54) is 31.2 Å². The van der Waals surface area contributed by atoms with Crippen LogP contribution in [0.2, 0.25) is 0 Å². The van der Waals surface area contributed by atoms with Crippen molar-refractivity contribution in [2.24, 2.45) is 0 Å². The lowest BCUT2D eigenvalue weighted by atomic mass is 9.86. The minimum absolute atomic E-state index is 0.285. The van der Waals surface area contributed by atoms with Crippen molar-refractivity contribution in [2.45, 2.75) is 43.3 Å². The molecular formula is C20H19F6O6S2-. The van der Waals surface area contributed by atoms with Crippen molar-refractivity contribution in [1.82, 2.24) is 0 Å². The lowest BCUT2D eigenvalue weighted by Crippen LogP contribution is -2.38. The molecule has 2 aromatic rings. The van der Waals surface area contributed by atoms with Crippen LogP contribution >= 0.6 is 0 Å². The fourth-order valence-electron chi connectivity index (χ4n) is 3.32. The predicted octanol–water partition coefficient (Wildman–Crippen LogP) is 4.46. The van der Waals surface area contributed by atoms with Crippen LogP contribution in [0.25, 0.3) is 0 Å². The first-order valence-corrected chi connectivity index (χ1v) is 12.6. The van der Waals surface area contributed by atoms with E-state index in [4.69, 9.17) is 0 Å². The zero-order chi connectivity index (χ0) is 25.9. The lowest BCUT2D eigenvalue weighted by molar-refractivity contribution is -0.133. The highest BCUT2D eigenvalue weighted by atomic mass is 32.2. The van der Waals surface area contributed by atoms with Crippen molar-refractivity contribution in [2.75, 3.05) is 5.75 Å². The molecule has 0 spiro atoms. The molecule has 0 aliphatic rings. The van der Waals surface area contributed by atoms with Crippen LogP contribution in [0.5, 0.6) is 5.75 Å². The van der Waals surface area contributed by atoms with Gasteiger partial charge in [0.15, 0.2) is 5.75 Å². The van der Waals surface area contributed by atoms with Gasteiger partial charge in [-0.15, -0.1) is 0 Å². The SMILES string of the molecule is Cc1ccc(OS(=O)(=O)CC(F)(F)F)c(C(Cc2ccccc2)CC(C(F)(F)F)S(=O)(=O)[O-])c1. The second kappa shape index (κ2) is 10.1. The Hall–Kier alpha value is -2.32. The second-order valence-electron chi connectivity index (χ2n) is 7.59. The molecule has 0 saturated carbocycles. The summed E-state index contributed by atoms with van der Waals surface area (Å²) in [6.07, 6.45) is -12.2. The molecule has 0 bridgehead atoms. The number of halogens is 6. The van der Waals surface area contributed by atoms with Gasteiger partial charge in [-0.05, 0) is 42.9 Å². The van der Waals surface area contributed by atoms with Crippen LogP contribution in [0, 0.1) is 6.92 Å². The highest BCUT2D eigenvalue weighted by Gasteiger charge is 2.46. The average molecular weight is 533 g/mol. The van der Waals surface area contributed by atoms with Crippen molar-refractivity contribution in [3.8, 4) is 5.75 Å². The van der Waals surface area contributed by atoms with Crippen molar-refractivity contribution in [1.29, 1.82) is 0 Å². The van der Waals surface area contributed by atoms with Gasteiger partial charge in [-0.25, -0.2) is 8.42 Å². The van der Waals surface area contributed by atoms with Gasteiger partial charge in [-0.3, -0.25) is 0 Å². The van der Waals surface area contributed by atoms with E-state index in [0.717, 1.165) is 6.07 Å². The molecule has 0 fully saturated rings. The van der Waals surface area contributed by atoms with Gasteiger partial charge in [0.05, 0.1) is 0 Å². The molecule has 0 heterocycles. The van der Waals surface area contributed by atoms with Gasteiger partial charge in [-0.2, -0.15) is 34.8 Å². The van der Waals surface area contributed by atoms with Crippen LogP contribution in [0.3, 0.4) is 0 Å². The standard InChI is InChI=1S/C20H20F6O6S2/c1-13-7-8-17(32-33(27,28)12-19(21,22)23)16(9-13)15(10-14-5-3-2-4-6-14)11-18(20(24,25)26)34(29,30)31/h2-9,15,18H,10-12H2,1H3,(H,29,30,31)/p-1. The van der Waals surface area contributed by atoms with Crippen LogP contribution in [0.4, 0.5) is 26.3 Å². The fourth-order valence-corrected chi connectivity index (χ4v) is 5.00. The van der Waals surface area contributed by atoms with E-state index in [0.29, 0.717) is 11.1 Å². The van der Waals surface area contributed by atoms with Gasteiger partial charge in [0, 0.05) is 0 Å². The maximum absolute atomic E-state index is 13.4. The molecule has 2 rings (SSSR count). The number of rotatable bonds is 9. The predicted molar refractivity (Wildman–Crippen MR) is 109 cm³/mol. The number of hydrogen-bond donors (Lipinski definition) is 0. The average Bonchev–Trinajstić information content (AvgIpc) is 2.63. The fraction of sp³-hybridized carbons (Fsp3) is 0.400. The minimum Gasteiger partial charge on any atom is -0.747 e. The van der Waals surface area contributed by atoms with Crippen LogP contribution < -0.4 is 4.18 Å². The van der Waals surface area contributed by atoms with Gasteiger partial charge in [0.25, 0.3) is 0 Å². The summed E-state index contributed by atoms with van der Waals surface area (Å²) in [5.41, 5.74) is 0.497. The molecule has 0 aliphatic carbocycles. The van der Waals surface area contributed by atoms with Crippen molar-refractivity contribution >= 4 is 20.2 Å². The molecule has 0 aromatic heterocycles. The summed E-state index contributed by atoms with van der Waals surface area (Å²) in [6.45, 7) is 1.47. The molecule has 34 heavy (non-hydrogen) atoms.